The van der Waals surface area contributed by atoms with Crippen LogP contribution in [0.1, 0.15) is 47.7 Å². The minimum absolute atomic E-state index is 0.164. The predicted octanol–water partition coefficient (Wildman–Crippen LogP) is 5.49. The summed E-state index contributed by atoms with van der Waals surface area (Å²) in [7, 11) is 1.22. The fourth-order valence-electron chi connectivity index (χ4n) is 4.61. The van der Waals surface area contributed by atoms with Crippen LogP contribution in [0.25, 0.3) is 0 Å². The lowest BCUT2D eigenvalue weighted by Gasteiger charge is -2.28. The minimum atomic E-state index is -5.04. The number of imide groups is 1. The summed E-state index contributed by atoms with van der Waals surface area (Å²) in [5.74, 6) is -3.48. The van der Waals surface area contributed by atoms with E-state index in [-0.39, 0.29) is 13.0 Å². The van der Waals surface area contributed by atoms with Crippen molar-refractivity contribution in [3.05, 3.63) is 100 Å². The minimum Gasteiger partial charge on any atom is -0.468 e. The summed E-state index contributed by atoms with van der Waals surface area (Å²) in [5.41, 5.74) is 4.57. The number of methoxy groups -OCH3 is 1. The highest BCUT2D eigenvalue weighted by Gasteiger charge is 2.52. The number of halogens is 5. The van der Waals surface area contributed by atoms with Crippen molar-refractivity contribution < 1.29 is 41.1 Å². The standard InChI is InChI=1S/C29H26F5N3O4/c1-28(2)26(39)37(21-10-11-23(31)22(14-21)29(32,33)34)27(40)36(28)15-18-8-9-20(30)13-19(18)12-16-4-6-17(7-5-16)24(35)25(38)41-3/h4-11,13-14,24H,12,15,35H2,1-3H3. The molecule has 0 aliphatic carbocycles. The summed E-state index contributed by atoms with van der Waals surface area (Å²) in [6.45, 7) is 2.71. The second-order valence-electron chi connectivity index (χ2n) is 10.1. The molecule has 0 saturated carbocycles. The third kappa shape index (κ3) is 5.78. The summed E-state index contributed by atoms with van der Waals surface area (Å²) in [6, 6.07) is 10.6. The molecule has 0 aromatic heterocycles. The molecule has 216 valence electrons. The molecule has 41 heavy (non-hydrogen) atoms. The number of benzene rings is 3. The van der Waals surface area contributed by atoms with Crippen molar-refractivity contribution in [2.45, 2.75) is 44.6 Å². The van der Waals surface area contributed by atoms with Gasteiger partial charge >= 0.3 is 18.2 Å². The number of hydrogen-bond donors (Lipinski definition) is 1. The normalized spacial score (nSPS) is 15.8. The number of carbonyl (C=O) groups is 3. The summed E-state index contributed by atoms with van der Waals surface area (Å²) < 4.78 is 72.7. The Morgan fingerprint density at radius 1 is 0.976 bits per heavy atom. The largest absolute Gasteiger partial charge is 0.468 e. The maximum Gasteiger partial charge on any atom is 0.419 e. The number of alkyl halides is 3. The Balaban J connectivity index is 1.63. The van der Waals surface area contributed by atoms with Crippen LogP contribution in [0.5, 0.6) is 0 Å². The number of nitrogens with two attached hydrogens (primary N) is 1. The summed E-state index contributed by atoms with van der Waals surface area (Å²) >= 11 is 0. The summed E-state index contributed by atoms with van der Waals surface area (Å²) in [6.07, 6.45) is -4.82. The summed E-state index contributed by atoms with van der Waals surface area (Å²) in [5, 5.41) is 0. The molecule has 3 aromatic rings. The van der Waals surface area contributed by atoms with Gasteiger partial charge in [-0.25, -0.2) is 18.5 Å². The van der Waals surface area contributed by atoms with E-state index < -0.39 is 58.5 Å². The maximum absolute atomic E-state index is 14.3. The molecule has 1 aliphatic rings. The van der Waals surface area contributed by atoms with Gasteiger partial charge in [0, 0.05) is 6.54 Å². The van der Waals surface area contributed by atoms with Crippen molar-refractivity contribution in [3.8, 4) is 0 Å². The number of urea groups is 1. The van der Waals surface area contributed by atoms with Crippen LogP contribution < -0.4 is 10.6 Å². The molecule has 4 rings (SSSR count). The van der Waals surface area contributed by atoms with Gasteiger partial charge in [0.25, 0.3) is 5.91 Å². The lowest BCUT2D eigenvalue weighted by atomic mass is 9.96. The van der Waals surface area contributed by atoms with E-state index in [1.165, 1.54) is 44.1 Å². The molecule has 1 aliphatic heterocycles. The van der Waals surface area contributed by atoms with Crippen LogP contribution in [0, 0.1) is 11.6 Å². The van der Waals surface area contributed by atoms with Crippen LogP contribution in [0.15, 0.2) is 60.7 Å². The van der Waals surface area contributed by atoms with E-state index in [1.54, 1.807) is 24.3 Å². The van der Waals surface area contributed by atoms with Crippen LogP contribution in [-0.4, -0.2) is 35.5 Å². The van der Waals surface area contributed by atoms with Crippen LogP contribution in [-0.2, 0) is 33.5 Å². The predicted molar refractivity (Wildman–Crippen MR) is 138 cm³/mol. The molecule has 3 amide bonds. The van der Waals surface area contributed by atoms with Crippen LogP contribution in [0.3, 0.4) is 0 Å². The number of anilines is 1. The van der Waals surface area contributed by atoms with Gasteiger partial charge in [0.05, 0.1) is 18.4 Å². The molecule has 1 heterocycles. The lowest BCUT2D eigenvalue weighted by molar-refractivity contribution is -0.142. The zero-order valence-corrected chi connectivity index (χ0v) is 22.3. The highest BCUT2D eigenvalue weighted by atomic mass is 19.4. The molecule has 0 radical (unpaired) electrons. The fraction of sp³-hybridized carbons (Fsp3) is 0.276. The topological polar surface area (TPSA) is 92.9 Å². The average molecular weight is 576 g/mol. The SMILES string of the molecule is COC(=O)C(N)c1ccc(Cc2cc(F)ccc2CN2C(=O)N(c3ccc(F)c(C(F)(F)F)c3)C(=O)C2(C)C)cc1. The van der Waals surface area contributed by atoms with Crippen molar-refractivity contribution in [2.75, 3.05) is 12.0 Å². The van der Waals surface area contributed by atoms with E-state index in [0.29, 0.717) is 33.7 Å². The molecule has 2 N–H and O–H groups in total. The van der Waals surface area contributed by atoms with Crippen LogP contribution in [0.2, 0.25) is 0 Å². The van der Waals surface area contributed by atoms with Gasteiger partial charge in [-0.05, 0) is 72.9 Å². The van der Waals surface area contributed by atoms with E-state index in [2.05, 4.69) is 4.74 Å². The zero-order valence-electron chi connectivity index (χ0n) is 22.3. The van der Waals surface area contributed by atoms with Gasteiger partial charge in [0.2, 0.25) is 0 Å². The van der Waals surface area contributed by atoms with Gasteiger partial charge in [-0.15, -0.1) is 0 Å². The molecule has 1 unspecified atom stereocenters. The van der Waals surface area contributed by atoms with Gasteiger partial charge in [-0.2, -0.15) is 13.2 Å². The number of esters is 1. The van der Waals surface area contributed by atoms with Gasteiger partial charge < -0.3 is 15.4 Å². The Bertz CT molecular complexity index is 1510. The van der Waals surface area contributed by atoms with Gasteiger partial charge in [-0.3, -0.25) is 9.59 Å². The second-order valence-corrected chi connectivity index (χ2v) is 10.1. The number of carbonyl (C=O) groups excluding carboxylic acids is 3. The molecule has 1 fully saturated rings. The third-order valence-corrected chi connectivity index (χ3v) is 7.02. The monoisotopic (exact) mass is 575 g/mol. The Hall–Kier alpha value is -4.32. The Morgan fingerprint density at radius 2 is 1.63 bits per heavy atom. The van der Waals surface area contributed by atoms with E-state index >= 15 is 0 Å². The molecule has 12 heteroatoms. The smallest absolute Gasteiger partial charge is 0.419 e. The Kier molecular flexibility index (Phi) is 7.90. The molecule has 7 nitrogen and oxygen atoms in total. The fourth-order valence-corrected chi connectivity index (χ4v) is 4.61. The molecule has 0 spiro atoms. The van der Waals surface area contributed by atoms with Crippen molar-refractivity contribution in [2.24, 2.45) is 5.73 Å². The second kappa shape index (κ2) is 10.9. The quantitative estimate of drug-likeness (QED) is 0.228. The summed E-state index contributed by atoms with van der Waals surface area (Å²) in [4.78, 5) is 40.2. The molecule has 3 aromatic carbocycles. The molecule has 0 bridgehead atoms. The Labute approximate surface area is 232 Å². The maximum atomic E-state index is 14.3. The van der Waals surface area contributed by atoms with Gasteiger partial charge in [-0.1, -0.05) is 30.3 Å². The van der Waals surface area contributed by atoms with Crippen molar-refractivity contribution in [1.29, 1.82) is 0 Å². The van der Waals surface area contributed by atoms with E-state index in [4.69, 9.17) is 5.73 Å². The number of amides is 3. The molecule has 1 atom stereocenters. The highest BCUT2D eigenvalue weighted by molar-refractivity contribution is 6.23. The Morgan fingerprint density at radius 3 is 2.24 bits per heavy atom. The van der Waals surface area contributed by atoms with E-state index in [1.807, 2.05) is 0 Å². The van der Waals surface area contributed by atoms with Crippen molar-refractivity contribution in [1.82, 2.24) is 4.90 Å². The molecular formula is C29H26F5N3O4. The first-order chi connectivity index (χ1) is 19.1. The van der Waals surface area contributed by atoms with Crippen molar-refractivity contribution in [3.63, 3.8) is 0 Å². The first kappa shape index (κ1) is 29.7. The van der Waals surface area contributed by atoms with Crippen LogP contribution >= 0.6 is 0 Å². The number of hydrogen-bond acceptors (Lipinski definition) is 5. The number of ether oxygens (including phenoxy) is 1. The van der Waals surface area contributed by atoms with E-state index in [9.17, 15) is 36.3 Å². The van der Waals surface area contributed by atoms with Crippen LogP contribution in [0.4, 0.5) is 32.4 Å². The molecule has 1 saturated heterocycles. The number of rotatable bonds is 7. The van der Waals surface area contributed by atoms with E-state index in [0.717, 1.165) is 11.6 Å². The van der Waals surface area contributed by atoms with Gasteiger partial charge in [0.15, 0.2) is 0 Å². The first-order valence-electron chi connectivity index (χ1n) is 12.4. The lowest BCUT2D eigenvalue weighted by Crippen LogP contribution is -2.43. The highest BCUT2D eigenvalue weighted by Crippen LogP contribution is 2.38. The molecular weight excluding hydrogens is 549 g/mol. The number of nitrogens with zero attached hydrogens (tertiary/aromatic N) is 2. The first-order valence-corrected chi connectivity index (χ1v) is 12.4. The zero-order chi connectivity index (χ0) is 30.3. The third-order valence-electron chi connectivity index (χ3n) is 7.02. The van der Waals surface area contributed by atoms with Gasteiger partial charge in [0.1, 0.15) is 23.2 Å². The average Bonchev–Trinajstić information content (AvgIpc) is 3.08. The van der Waals surface area contributed by atoms with Crippen molar-refractivity contribution >= 4 is 23.6 Å².